The van der Waals surface area contributed by atoms with Gasteiger partial charge in [0.1, 0.15) is 5.82 Å². The Morgan fingerprint density at radius 3 is 2.88 bits per heavy atom. The number of nitrogens with zero attached hydrogens (tertiary/aromatic N) is 2. The first kappa shape index (κ1) is 12.1. The minimum atomic E-state index is 0.806. The van der Waals surface area contributed by atoms with Gasteiger partial charge in [0, 0.05) is 18.5 Å². The summed E-state index contributed by atoms with van der Waals surface area (Å²) >= 11 is 1.78. The molecule has 0 atom stereocenters. The van der Waals surface area contributed by atoms with Gasteiger partial charge >= 0.3 is 0 Å². The summed E-state index contributed by atoms with van der Waals surface area (Å²) in [6, 6.07) is 10.4. The van der Waals surface area contributed by atoms with Gasteiger partial charge in [-0.3, -0.25) is 0 Å². The van der Waals surface area contributed by atoms with E-state index in [4.69, 9.17) is 0 Å². The van der Waals surface area contributed by atoms with E-state index < -0.39 is 0 Å². The Bertz CT molecular complexity index is 453. The topological polar surface area (TPSA) is 28.2 Å². The number of nitrogens with one attached hydrogen (secondary N) is 1. The Labute approximate surface area is 106 Å². The van der Waals surface area contributed by atoms with Crippen LogP contribution in [0.25, 0.3) is 0 Å². The third kappa shape index (κ3) is 3.28. The van der Waals surface area contributed by atoms with Crippen molar-refractivity contribution in [2.75, 3.05) is 19.0 Å². The molecule has 0 spiro atoms. The summed E-state index contributed by atoms with van der Waals surface area (Å²) in [4.78, 5) is 8.14. The molecular weight excluding hydrogens is 230 g/mol. The third-order valence-corrected chi connectivity index (χ3v) is 3.38. The standard InChI is InChI=1S/C13H17N3S/c1-14-9-11-5-3-7-13(15-11)16(2)10-12-6-4-8-17-12/h3-8,14H,9-10H2,1-2H3. The molecule has 0 radical (unpaired) electrons. The molecule has 90 valence electrons. The average Bonchev–Trinajstić information content (AvgIpc) is 2.83. The van der Waals surface area contributed by atoms with Crippen LogP contribution in [0.5, 0.6) is 0 Å². The summed E-state index contributed by atoms with van der Waals surface area (Å²) in [7, 11) is 4.01. The quantitative estimate of drug-likeness (QED) is 0.880. The molecule has 0 bridgehead atoms. The van der Waals surface area contributed by atoms with Crippen LogP contribution in [-0.2, 0) is 13.1 Å². The van der Waals surface area contributed by atoms with Crippen molar-refractivity contribution in [3.63, 3.8) is 0 Å². The highest BCUT2D eigenvalue weighted by Gasteiger charge is 2.04. The van der Waals surface area contributed by atoms with Crippen molar-refractivity contribution in [3.05, 3.63) is 46.3 Å². The lowest BCUT2D eigenvalue weighted by Crippen LogP contribution is -2.18. The predicted octanol–water partition coefficient (Wildman–Crippen LogP) is 2.50. The third-order valence-electron chi connectivity index (χ3n) is 2.51. The molecule has 0 saturated heterocycles. The van der Waals surface area contributed by atoms with Gasteiger partial charge in [-0.05, 0) is 30.6 Å². The maximum absolute atomic E-state index is 4.61. The van der Waals surface area contributed by atoms with Crippen molar-refractivity contribution in [3.8, 4) is 0 Å². The zero-order chi connectivity index (χ0) is 12.1. The molecule has 0 aliphatic heterocycles. The van der Waals surface area contributed by atoms with E-state index in [0.717, 1.165) is 24.6 Å². The molecule has 3 nitrogen and oxygen atoms in total. The number of aromatic nitrogens is 1. The van der Waals surface area contributed by atoms with E-state index in [-0.39, 0.29) is 0 Å². The molecule has 0 aliphatic carbocycles. The SMILES string of the molecule is CNCc1cccc(N(C)Cc2cccs2)n1. The maximum Gasteiger partial charge on any atom is 0.128 e. The monoisotopic (exact) mass is 247 g/mol. The molecule has 17 heavy (non-hydrogen) atoms. The highest BCUT2D eigenvalue weighted by Crippen LogP contribution is 2.16. The zero-order valence-corrected chi connectivity index (χ0v) is 11.0. The number of pyridine rings is 1. The fourth-order valence-corrected chi connectivity index (χ4v) is 2.43. The van der Waals surface area contributed by atoms with Crippen LogP contribution in [0.15, 0.2) is 35.7 Å². The van der Waals surface area contributed by atoms with Gasteiger partial charge in [-0.1, -0.05) is 12.1 Å². The van der Waals surface area contributed by atoms with Gasteiger partial charge in [0.25, 0.3) is 0 Å². The molecule has 0 unspecified atom stereocenters. The average molecular weight is 247 g/mol. The van der Waals surface area contributed by atoms with E-state index in [0.29, 0.717) is 0 Å². The lowest BCUT2D eigenvalue weighted by molar-refractivity contribution is 0.784. The normalized spacial score (nSPS) is 10.5. The van der Waals surface area contributed by atoms with Crippen LogP contribution in [0.3, 0.4) is 0 Å². The summed E-state index contributed by atoms with van der Waals surface area (Å²) in [5, 5.41) is 5.22. The summed E-state index contributed by atoms with van der Waals surface area (Å²) in [6.45, 7) is 1.72. The molecule has 2 heterocycles. The summed E-state index contributed by atoms with van der Waals surface area (Å²) in [5.74, 6) is 1.02. The fraction of sp³-hybridized carbons (Fsp3) is 0.308. The number of hydrogen-bond donors (Lipinski definition) is 1. The molecule has 2 aromatic heterocycles. The summed E-state index contributed by atoms with van der Waals surface area (Å²) in [6.07, 6.45) is 0. The lowest BCUT2D eigenvalue weighted by atomic mass is 10.3. The zero-order valence-electron chi connectivity index (χ0n) is 10.2. The number of thiophene rings is 1. The Hall–Kier alpha value is -1.39. The lowest BCUT2D eigenvalue weighted by Gasteiger charge is -2.17. The van der Waals surface area contributed by atoms with Gasteiger partial charge in [0.2, 0.25) is 0 Å². The van der Waals surface area contributed by atoms with Gasteiger partial charge in [-0.2, -0.15) is 0 Å². The van der Waals surface area contributed by atoms with E-state index in [1.54, 1.807) is 11.3 Å². The summed E-state index contributed by atoms with van der Waals surface area (Å²) in [5.41, 5.74) is 1.07. The molecule has 2 rings (SSSR count). The molecular formula is C13H17N3S. The van der Waals surface area contributed by atoms with Crippen LogP contribution in [0.2, 0.25) is 0 Å². The van der Waals surface area contributed by atoms with E-state index in [1.807, 2.05) is 19.2 Å². The number of rotatable bonds is 5. The van der Waals surface area contributed by atoms with Crippen molar-refractivity contribution in [2.45, 2.75) is 13.1 Å². The molecule has 4 heteroatoms. The van der Waals surface area contributed by atoms with E-state index >= 15 is 0 Å². The van der Waals surface area contributed by atoms with Gasteiger partial charge < -0.3 is 10.2 Å². The first-order valence-electron chi connectivity index (χ1n) is 5.63. The maximum atomic E-state index is 4.61. The van der Waals surface area contributed by atoms with Crippen LogP contribution < -0.4 is 10.2 Å². The first-order valence-corrected chi connectivity index (χ1v) is 6.51. The van der Waals surface area contributed by atoms with Gasteiger partial charge in [-0.25, -0.2) is 4.98 Å². The second kappa shape index (κ2) is 5.80. The Morgan fingerprint density at radius 1 is 1.29 bits per heavy atom. The molecule has 0 fully saturated rings. The first-order chi connectivity index (χ1) is 8.29. The van der Waals surface area contributed by atoms with Crippen molar-refractivity contribution in [1.82, 2.24) is 10.3 Å². The molecule has 2 aromatic rings. The summed E-state index contributed by atoms with van der Waals surface area (Å²) < 4.78 is 0. The highest BCUT2D eigenvalue weighted by atomic mass is 32.1. The molecule has 0 saturated carbocycles. The molecule has 1 N–H and O–H groups in total. The highest BCUT2D eigenvalue weighted by molar-refractivity contribution is 7.09. The molecule has 0 aromatic carbocycles. The second-order valence-corrected chi connectivity index (χ2v) is 4.99. The van der Waals surface area contributed by atoms with Gasteiger partial charge in [0.05, 0.1) is 12.2 Å². The van der Waals surface area contributed by atoms with Crippen molar-refractivity contribution in [1.29, 1.82) is 0 Å². The number of hydrogen-bond acceptors (Lipinski definition) is 4. The Balaban J connectivity index is 2.07. The Kier molecular flexibility index (Phi) is 4.12. The predicted molar refractivity (Wildman–Crippen MR) is 73.4 cm³/mol. The van der Waals surface area contributed by atoms with Gasteiger partial charge in [-0.15, -0.1) is 11.3 Å². The van der Waals surface area contributed by atoms with Crippen molar-refractivity contribution >= 4 is 17.2 Å². The van der Waals surface area contributed by atoms with Crippen LogP contribution in [0.4, 0.5) is 5.82 Å². The number of anilines is 1. The van der Waals surface area contributed by atoms with E-state index in [1.165, 1.54) is 4.88 Å². The van der Waals surface area contributed by atoms with E-state index in [2.05, 4.69) is 45.8 Å². The van der Waals surface area contributed by atoms with Crippen molar-refractivity contribution < 1.29 is 0 Å². The minimum Gasteiger partial charge on any atom is -0.355 e. The van der Waals surface area contributed by atoms with Crippen LogP contribution >= 0.6 is 11.3 Å². The largest absolute Gasteiger partial charge is 0.355 e. The molecule has 0 aliphatic rings. The van der Waals surface area contributed by atoms with Crippen LogP contribution in [-0.4, -0.2) is 19.1 Å². The minimum absolute atomic E-state index is 0.806. The Morgan fingerprint density at radius 2 is 2.18 bits per heavy atom. The second-order valence-electron chi connectivity index (χ2n) is 3.95. The smallest absolute Gasteiger partial charge is 0.128 e. The fourth-order valence-electron chi connectivity index (χ4n) is 1.68. The van der Waals surface area contributed by atoms with Crippen LogP contribution in [0.1, 0.15) is 10.6 Å². The van der Waals surface area contributed by atoms with Gasteiger partial charge in [0.15, 0.2) is 0 Å². The van der Waals surface area contributed by atoms with E-state index in [9.17, 15) is 0 Å². The van der Waals surface area contributed by atoms with Crippen molar-refractivity contribution in [2.24, 2.45) is 0 Å². The molecule has 0 amide bonds. The van der Waals surface area contributed by atoms with Crippen LogP contribution in [0, 0.1) is 0 Å².